The van der Waals surface area contributed by atoms with Gasteiger partial charge in [0.1, 0.15) is 6.10 Å². The van der Waals surface area contributed by atoms with Gasteiger partial charge in [-0.05, 0) is 13.0 Å². The van der Waals surface area contributed by atoms with Crippen LogP contribution in [0.1, 0.15) is 19.8 Å². The summed E-state index contributed by atoms with van der Waals surface area (Å²) < 4.78 is 11.0. The molecule has 1 aromatic rings. The minimum atomic E-state index is 0.200. The van der Waals surface area contributed by atoms with Gasteiger partial charge in [0.25, 0.3) is 0 Å². The maximum Gasteiger partial charge on any atom is 0.237 e. The van der Waals surface area contributed by atoms with Gasteiger partial charge in [-0.2, -0.15) is 0 Å². The molecular formula is C12H17ClN2O2. The highest BCUT2D eigenvalue weighted by Crippen LogP contribution is 2.31. The quantitative estimate of drug-likeness (QED) is 0.880. The van der Waals surface area contributed by atoms with Gasteiger partial charge in [0.05, 0.1) is 16.8 Å². The number of halogens is 1. The molecule has 0 atom stereocenters. The molecule has 0 aromatic carbocycles. The van der Waals surface area contributed by atoms with E-state index in [9.17, 15) is 0 Å². The number of aromatic nitrogens is 1. The maximum absolute atomic E-state index is 5.90. The van der Waals surface area contributed by atoms with E-state index >= 15 is 0 Å². The van der Waals surface area contributed by atoms with Crippen molar-refractivity contribution in [2.45, 2.75) is 32.0 Å². The molecule has 0 saturated heterocycles. The third kappa shape index (κ3) is 3.01. The molecule has 1 fully saturated rings. The van der Waals surface area contributed by atoms with E-state index in [1.807, 2.05) is 13.0 Å². The van der Waals surface area contributed by atoms with Gasteiger partial charge in [0, 0.05) is 32.7 Å². The second-order valence-corrected chi connectivity index (χ2v) is 4.54. The van der Waals surface area contributed by atoms with Gasteiger partial charge in [0.2, 0.25) is 5.88 Å². The van der Waals surface area contributed by atoms with Gasteiger partial charge in [-0.3, -0.25) is 0 Å². The fourth-order valence-corrected chi connectivity index (χ4v) is 1.96. The lowest BCUT2D eigenvalue weighted by Crippen LogP contribution is -2.39. The zero-order chi connectivity index (χ0) is 12.3. The molecule has 0 bridgehead atoms. The fraction of sp³-hybridized carbons (Fsp3) is 0.583. The summed E-state index contributed by atoms with van der Waals surface area (Å²) in [7, 11) is 1.73. The molecular weight excluding hydrogens is 240 g/mol. The number of pyridine rings is 1. The Bertz CT molecular complexity index is 381. The monoisotopic (exact) mass is 256 g/mol. The Hall–Kier alpha value is -1.00. The number of hydrogen-bond donors (Lipinski definition) is 1. The summed E-state index contributed by atoms with van der Waals surface area (Å²) in [5, 5.41) is 3.80. The van der Waals surface area contributed by atoms with Gasteiger partial charge < -0.3 is 14.8 Å². The van der Waals surface area contributed by atoms with E-state index in [0.717, 1.165) is 25.1 Å². The molecule has 5 heteroatoms. The van der Waals surface area contributed by atoms with Crippen molar-refractivity contribution >= 4 is 17.3 Å². The summed E-state index contributed by atoms with van der Waals surface area (Å²) in [6, 6.07) is 1.83. The molecule has 1 N–H and O–H groups in total. The largest absolute Gasteiger partial charge is 0.473 e. The first-order chi connectivity index (χ1) is 8.22. The molecule has 4 nitrogen and oxygen atoms in total. The van der Waals surface area contributed by atoms with Crippen LogP contribution in [0.15, 0.2) is 12.3 Å². The molecule has 0 radical (unpaired) electrons. The average Bonchev–Trinajstić information content (AvgIpc) is 2.25. The Morgan fingerprint density at radius 3 is 2.88 bits per heavy atom. The number of ether oxygens (including phenoxy) is 2. The Kier molecular flexibility index (Phi) is 4.07. The molecule has 0 spiro atoms. The molecule has 1 heterocycles. The van der Waals surface area contributed by atoms with Crippen molar-refractivity contribution in [2.75, 3.05) is 19.0 Å². The van der Waals surface area contributed by atoms with E-state index in [4.69, 9.17) is 21.1 Å². The summed E-state index contributed by atoms with van der Waals surface area (Å²) in [6.45, 7) is 2.83. The molecule has 0 unspecified atom stereocenters. The first-order valence-electron chi connectivity index (χ1n) is 5.81. The van der Waals surface area contributed by atoms with Crippen LogP contribution in [0.25, 0.3) is 0 Å². The zero-order valence-corrected chi connectivity index (χ0v) is 10.8. The second kappa shape index (κ2) is 5.56. The normalized spacial score (nSPS) is 23.0. The smallest absolute Gasteiger partial charge is 0.237 e. The number of hydrogen-bond acceptors (Lipinski definition) is 4. The minimum Gasteiger partial charge on any atom is -0.473 e. The van der Waals surface area contributed by atoms with Crippen LogP contribution in [0.3, 0.4) is 0 Å². The lowest BCUT2D eigenvalue weighted by atomic mass is 9.92. The first-order valence-corrected chi connectivity index (χ1v) is 6.19. The Balaban J connectivity index is 2.00. The molecule has 17 heavy (non-hydrogen) atoms. The number of nitrogens with one attached hydrogen (secondary N) is 1. The summed E-state index contributed by atoms with van der Waals surface area (Å²) in [5.41, 5.74) is 0.848. The predicted molar refractivity (Wildman–Crippen MR) is 67.9 cm³/mol. The second-order valence-electron chi connectivity index (χ2n) is 4.11. The van der Waals surface area contributed by atoms with E-state index < -0.39 is 0 Å². The summed E-state index contributed by atoms with van der Waals surface area (Å²) in [6.07, 6.45) is 3.98. The standard InChI is InChI=1S/C12H17ClN2O2/c1-3-14-11-4-8(13)7-15-12(11)17-10-5-9(6-10)16-2/h4,7,9-10,14H,3,5-6H2,1-2H3/t9-,10+. The highest BCUT2D eigenvalue weighted by molar-refractivity contribution is 6.30. The molecule has 1 aliphatic rings. The molecule has 1 aliphatic carbocycles. The topological polar surface area (TPSA) is 43.4 Å². The summed E-state index contributed by atoms with van der Waals surface area (Å²) in [4.78, 5) is 4.21. The zero-order valence-electron chi connectivity index (χ0n) is 10.1. The van der Waals surface area contributed by atoms with E-state index in [2.05, 4.69) is 10.3 Å². The van der Waals surface area contributed by atoms with Crippen LogP contribution in [-0.2, 0) is 4.74 Å². The first kappa shape index (κ1) is 12.5. The Morgan fingerprint density at radius 1 is 1.47 bits per heavy atom. The summed E-state index contributed by atoms with van der Waals surface area (Å²) >= 11 is 5.90. The van der Waals surface area contributed by atoms with Crippen molar-refractivity contribution in [1.29, 1.82) is 0 Å². The number of anilines is 1. The van der Waals surface area contributed by atoms with Gasteiger partial charge in [0.15, 0.2) is 0 Å². The van der Waals surface area contributed by atoms with Crippen molar-refractivity contribution < 1.29 is 9.47 Å². The van der Waals surface area contributed by atoms with Crippen molar-refractivity contribution in [3.05, 3.63) is 17.3 Å². The van der Waals surface area contributed by atoms with Crippen molar-refractivity contribution in [3.8, 4) is 5.88 Å². The average molecular weight is 257 g/mol. The van der Waals surface area contributed by atoms with Crippen LogP contribution in [0.5, 0.6) is 5.88 Å². The van der Waals surface area contributed by atoms with E-state index in [1.54, 1.807) is 13.3 Å². The SMILES string of the molecule is CCNc1cc(Cl)cnc1O[C@H]1C[C@@H](OC)C1. The highest BCUT2D eigenvalue weighted by Gasteiger charge is 2.31. The van der Waals surface area contributed by atoms with Crippen LogP contribution in [0, 0.1) is 0 Å². The van der Waals surface area contributed by atoms with Crippen molar-refractivity contribution in [1.82, 2.24) is 4.98 Å². The van der Waals surface area contributed by atoms with Crippen LogP contribution in [0.2, 0.25) is 5.02 Å². The lowest BCUT2D eigenvalue weighted by molar-refractivity contribution is -0.0393. The number of rotatable bonds is 5. The van der Waals surface area contributed by atoms with Crippen molar-refractivity contribution in [3.63, 3.8) is 0 Å². The van der Waals surface area contributed by atoms with Crippen molar-refractivity contribution in [2.24, 2.45) is 0 Å². The maximum atomic E-state index is 5.90. The molecule has 0 aliphatic heterocycles. The van der Waals surface area contributed by atoms with E-state index in [0.29, 0.717) is 17.0 Å². The van der Waals surface area contributed by atoms with Crippen LogP contribution in [-0.4, -0.2) is 30.8 Å². The fourth-order valence-electron chi connectivity index (χ4n) is 1.80. The van der Waals surface area contributed by atoms with Crippen LogP contribution in [0.4, 0.5) is 5.69 Å². The van der Waals surface area contributed by atoms with E-state index in [-0.39, 0.29) is 6.10 Å². The molecule has 2 rings (SSSR count). The molecule has 0 amide bonds. The third-order valence-electron chi connectivity index (χ3n) is 2.85. The van der Waals surface area contributed by atoms with Crippen LogP contribution >= 0.6 is 11.6 Å². The van der Waals surface area contributed by atoms with Gasteiger partial charge in [-0.25, -0.2) is 4.98 Å². The highest BCUT2D eigenvalue weighted by atomic mass is 35.5. The molecule has 1 aromatic heterocycles. The minimum absolute atomic E-state index is 0.200. The van der Waals surface area contributed by atoms with Gasteiger partial charge >= 0.3 is 0 Å². The predicted octanol–water partition coefficient (Wildman–Crippen LogP) is 2.72. The van der Waals surface area contributed by atoms with E-state index in [1.165, 1.54) is 0 Å². The Morgan fingerprint density at radius 2 is 2.24 bits per heavy atom. The lowest BCUT2D eigenvalue weighted by Gasteiger charge is -2.34. The van der Waals surface area contributed by atoms with Gasteiger partial charge in [-0.15, -0.1) is 0 Å². The van der Waals surface area contributed by atoms with Gasteiger partial charge in [-0.1, -0.05) is 11.6 Å². The molecule has 94 valence electrons. The number of nitrogens with zero attached hydrogens (tertiary/aromatic N) is 1. The Labute approximate surface area is 106 Å². The number of methoxy groups -OCH3 is 1. The summed E-state index contributed by atoms with van der Waals surface area (Å²) in [5.74, 6) is 0.621. The van der Waals surface area contributed by atoms with Crippen LogP contribution < -0.4 is 10.1 Å². The third-order valence-corrected chi connectivity index (χ3v) is 3.05. The molecule has 1 saturated carbocycles.